The van der Waals surface area contributed by atoms with Crippen LogP contribution in [0.3, 0.4) is 0 Å². The Morgan fingerprint density at radius 1 is 1.20 bits per heavy atom. The van der Waals surface area contributed by atoms with Crippen LogP contribution in [0.15, 0.2) is 29.8 Å². The highest BCUT2D eigenvalue weighted by atomic mass is 32.1. The van der Waals surface area contributed by atoms with Gasteiger partial charge in [-0.2, -0.15) is 0 Å². The van der Waals surface area contributed by atoms with Crippen molar-refractivity contribution in [1.82, 2.24) is 15.3 Å². The zero-order chi connectivity index (χ0) is 13.6. The zero-order valence-electron chi connectivity index (χ0n) is 11.7. The molecule has 2 heterocycles. The third-order valence-corrected chi connectivity index (χ3v) is 4.81. The van der Waals surface area contributed by atoms with Crippen LogP contribution in [-0.4, -0.2) is 16.5 Å². The van der Waals surface area contributed by atoms with Gasteiger partial charge in [0.2, 0.25) is 0 Å². The van der Waals surface area contributed by atoms with Gasteiger partial charge in [0.05, 0.1) is 11.4 Å². The average molecular weight is 287 g/mol. The largest absolute Gasteiger partial charge is 0.311 e. The Bertz CT molecular complexity index is 518. The summed E-state index contributed by atoms with van der Waals surface area (Å²) in [5, 5.41) is 6.71. The second kappa shape index (κ2) is 6.95. The van der Waals surface area contributed by atoms with Gasteiger partial charge in [-0.25, -0.2) is 4.98 Å². The van der Waals surface area contributed by atoms with Crippen LogP contribution in [0.4, 0.5) is 0 Å². The molecular formula is C16H21N3S. The van der Waals surface area contributed by atoms with E-state index in [1.165, 1.54) is 32.1 Å². The molecule has 0 spiro atoms. The highest BCUT2D eigenvalue weighted by Gasteiger charge is 2.13. The van der Waals surface area contributed by atoms with E-state index in [9.17, 15) is 0 Å². The quantitative estimate of drug-likeness (QED) is 0.907. The molecule has 106 valence electrons. The maximum absolute atomic E-state index is 4.66. The number of thiazole rings is 1. The molecule has 1 aliphatic carbocycles. The number of hydrogen-bond donors (Lipinski definition) is 1. The molecule has 0 aromatic carbocycles. The van der Waals surface area contributed by atoms with E-state index in [1.54, 1.807) is 11.3 Å². The first-order valence-electron chi connectivity index (χ1n) is 7.48. The van der Waals surface area contributed by atoms with E-state index in [2.05, 4.69) is 20.7 Å². The molecule has 2 aromatic heterocycles. The number of nitrogens with zero attached hydrogens (tertiary/aromatic N) is 2. The first kappa shape index (κ1) is 13.7. The van der Waals surface area contributed by atoms with E-state index in [1.807, 2.05) is 24.4 Å². The average Bonchev–Trinajstić information content (AvgIpc) is 2.98. The number of aromatic nitrogens is 2. The molecular weight excluding hydrogens is 266 g/mol. The Morgan fingerprint density at radius 3 is 2.90 bits per heavy atom. The molecule has 0 bridgehead atoms. The number of rotatable bonds is 5. The lowest BCUT2D eigenvalue weighted by molar-refractivity contribution is 0.341. The molecule has 0 atom stereocenters. The summed E-state index contributed by atoms with van der Waals surface area (Å²) in [6, 6.07) is 5.95. The minimum absolute atomic E-state index is 0.873. The molecule has 0 amide bonds. The van der Waals surface area contributed by atoms with Crippen molar-refractivity contribution in [2.75, 3.05) is 6.54 Å². The van der Waals surface area contributed by atoms with Gasteiger partial charge < -0.3 is 5.32 Å². The Balaban J connectivity index is 1.50. The van der Waals surface area contributed by atoms with Gasteiger partial charge >= 0.3 is 0 Å². The summed E-state index contributed by atoms with van der Waals surface area (Å²) in [5.74, 6) is 0.873. The predicted octanol–water partition coefficient (Wildman–Crippen LogP) is 3.88. The lowest BCUT2D eigenvalue weighted by Crippen LogP contribution is -2.24. The highest BCUT2D eigenvalue weighted by molar-refractivity contribution is 7.13. The Labute approximate surface area is 124 Å². The van der Waals surface area contributed by atoms with E-state index >= 15 is 0 Å². The van der Waals surface area contributed by atoms with E-state index in [0.29, 0.717) is 0 Å². The van der Waals surface area contributed by atoms with Crippen LogP contribution in [-0.2, 0) is 6.54 Å². The number of nitrogens with one attached hydrogen (secondary N) is 1. The molecule has 1 N–H and O–H groups in total. The maximum Gasteiger partial charge on any atom is 0.142 e. The summed E-state index contributed by atoms with van der Waals surface area (Å²) in [4.78, 5) is 9.00. The predicted molar refractivity (Wildman–Crippen MR) is 83.6 cm³/mol. The molecule has 0 unspecified atom stereocenters. The van der Waals surface area contributed by atoms with Crippen molar-refractivity contribution in [3.8, 4) is 10.7 Å². The van der Waals surface area contributed by atoms with Gasteiger partial charge in [0.1, 0.15) is 5.01 Å². The van der Waals surface area contributed by atoms with Gasteiger partial charge in [0, 0.05) is 18.1 Å². The first-order valence-corrected chi connectivity index (χ1v) is 8.36. The molecule has 1 aliphatic rings. The second-order valence-corrected chi connectivity index (χ2v) is 6.35. The summed E-state index contributed by atoms with van der Waals surface area (Å²) in [7, 11) is 0. The molecule has 3 nitrogen and oxygen atoms in total. The fourth-order valence-corrected chi connectivity index (χ4v) is 3.59. The maximum atomic E-state index is 4.66. The molecule has 4 heteroatoms. The van der Waals surface area contributed by atoms with Crippen molar-refractivity contribution in [2.45, 2.75) is 38.6 Å². The van der Waals surface area contributed by atoms with Gasteiger partial charge in [0.25, 0.3) is 0 Å². The van der Waals surface area contributed by atoms with E-state index in [4.69, 9.17) is 0 Å². The molecule has 0 saturated heterocycles. The van der Waals surface area contributed by atoms with Crippen LogP contribution >= 0.6 is 11.3 Å². The Hall–Kier alpha value is -1.26. The number of hydrogen-bond acceptors (Lipinski definition) is 4. The minimum Gasteiger partial charge on any atom is -0.311 e. The van der Waals surface area contributed by atoms with Crippen LogP contribution in [0.2, 0.25) is 0 Å². The van der Waals surface area contributed by atoms with Crippen LogP contribution in [0.25, 0.3) is 10.7 Å². The molecule has 1 fully saturated rings. The number of pyridine rings is 1. The monoisotopic (exact) mass is 287 g/mol. The molecule has 2 aromatic rings. The Morgan fingerprint density at radius 2 is 2.10 bits per heavy atom. The summed E-state index contributed by atoms with van der Waals surface area (Å²) >= 11 is 1.68. The Kier molecular flexibility index (Phi) is 4.77. The minimum atomic E-state index is 0.873. The SMILES string of the molecule is c1ccc(-c2nc(CNCC3CCCCC3)cs2)nc1. The van der Waals surface area contributed by atoms with Gasteiger partial charge in [0.15, 0.2) is 0 Å². The highest BCUT2D eigenvalue weighted by Crippen LogP contribution is 2.23. The fraction of sp³-hybridized carbons (Fsp3) is 0.500. The first-order chi connectivity index (χ1) is 9.92. The summed E-state index contributed by atoms with van der Waals surface area (Å²) in [6.45, 7) is 2.01. The molecule has 0 radical (unpaired) electrons. The van der Waals surface area contributed by atoms with Crippen LogP contribution in [0.1, 0.15) is 37.8 Å². The van der Waals surface area contributed by atoms with Crippen LogP contribution < -0.4 is 5.32 Å². The van der Waals surface area contributed by atoms with Gasteiger partial charge in [-0.15, -0.1) is 11.3 Å². The standard InChI is InChI=1S/C16H21N3S/c1-2-6-13(7-3-1)10-17-11-14-12-20-16(19-14)15-8-4-5-9-18-15/h4-5,8-9,12-13,17H,1-3,6-7,10-11H2. The van der Waals surface area contributed by atoms with Crippen molar-refractivity contribution >= 4 is 11.3 Å². The third kappa shape index (κ3) is 3.64. The fourth-order valence-electron chi connectivity index (χ4n) is 2.79. The van der Waals surface area contributed by atoms with Gasteiger partial charge in [-0.05, 0) is 37.4 Å². The molecule has 0 aliphatic heterocycles. The van der Waals surface area contributed by atoms with Crippen molar-refractivity contribution in [3.05, 3.63) is 35.5 Å². The van der Waals surface area contributed by atoms with Gasteiger partial charge in [-0.3, -0.25) is 4.98 Å². The van der Waals surface area contributed by atoms with Crippen LogP contribution in [0, 0.1) is 5.92 Å². The van der Waals surface area contributed by atoms with Gasteiger partial charge in [-0.1, -0.05) is 25.3 Å². The third-order valence-electron chi connectivity index (χ3n) is 3.90. The smallest absolute Gasteiger partial charge is 0.142 e. The summed E-state index contributed by atoms with van der Waals surface area (Å²) < 4.78 is 0. The van der Waals surface area contributed by atoms with Crippen molar-refractivity contribution in [1.29, 1.82) is 0 Å². The van der Waals surface area contributed by atoms with Crippen molar-refractivity contribution in [2.24, 2.45) is 5.92 Å². The topological polar surface area (TPSA) is 37.8 Å². The molecule has 20 heavy (non-hydrogen) atoms. The normalized spacial score (nSPS) is 16.4. The van der Waals surface area contributed by atoms with E-state index < -0.39 is 0 Å². The summed E-state index contributed by atoms with van der Waals surface area (Å²) in [5.41, 5.74) is 2.10. The molecule has 3 rings (SSSR count). The summed E-state index contributed by atoms with van der Waals surface area (Å²) in [6.07, 6.45) is 8.85. The molecule has 1 saturated carbocycles. The lowest BCUT2D eigenvalue weighted by atomic mass is 9.89. The van der Waals surface area contributed by atoms with Crippen LogP contribution in [0.5, 0.6) is 0 Å². The second-order valence-electron chi connectivity index (χ2n) is 5.49. The van der Waals surface area contributed by atoms with Crippen molar-refractivity contribution < 1.29 is 0 Å². The zero-order valence-corrected chi connectivity index (χ0v) is 12.5. The van der Waals surface area contributed by atoms with E-state index in [0.717, 1.165) is 35.4 Å². The van der Waals surface area contributed by atoms with E-state index in [-0.39, 0.29) is 0 Å². The lowest BCUT2D eigenvalue weighted by Gasteiger charge is -2.21. The van der Waals surface area contributed by atoms with Crippen molar-refractivity contribution in [3.63, 3.8) is 0 Å².